The molecule has 0 aliphatic heterocycles. The lowest BCUT2D eigenvalue weighted by molar-refractivity contribution is 0.209. The normalized spacial score (nSPS) is 12.1. The van der Waals surface area contributed by atoms with E-state index in [1.807, 2.05) is 11.8 Å². The smallest absolute Gasteiger partial charge is 0.181 e. The molecule has 1 aromatic rings. The van der Waals surface area contributed by atoms with Gasteiger partial charge in [-0.3, -0.25) is 0 Å². The lowest BCUT2D eigenvalue weighted by atomic mass is 10.4. The maximum Gasteiger partial charge on any atom is 0.181 e. The van der Waals surface area contributed by atoms with Gasteiger partial charge in [0, 0.05) is 18.1 Å². The fraction of sp³-hybridized carbons (Fsp3) is 0.500. The van der Waals surface area contributed by atoms with Gasteiger partial charge in [-0.2, -0.15) is 0 Å². The van der Waals surface area contributed by atoms with Crippen molar-refractivity contribution in [1.82, 2.24) is 4.90 Å². The number of hydrogen-bond donors (Lipinski definition) is 1. The fourth-order valence-electron chi connectivity index (χ4n) is 1.64. The summed E-state index contributed by atoms with van der Waals surface area (Å²) in [5, 5.41) is 9.38. The van der Waals surface area contributed by atoms with Crippen LogP contribution in [0.3, 0.4) is 0 Å². The van der Waals surface area contributed by atoms with E-state index in [9.17, 15) is 8.42 Å². The minimum atomic E-state index is -3.48. The Balaban J connectivity index is 2.83. The van der Waals surface area contributed by atoms with E-state index in [0.717, 1.165) is 0 Å². The quantitative estimate of drug-likeness (QED) is 0.833. The molecule has 108 valence electrons. The van der Waals surface area contributed by atoms with Crippen molar-refractivity contribution in [2.45, 2.75) is 11.8 Å². The Morgan fingerprint density at radius 3 is 2.53 bits per heavy atom. The lowest BCUT2D eigenvalue weighted by Gasteiger charge is -2.19. The van der Waals surface area contributed by atoms with Crippen LogP contribution >= 0.6 is 23.2 Å². The summed E-state index contributed by atoms with van der Waals surface area (Å²) in [7, 11) is -3.48. The molecule has 7 heteroatoms. The van der Waals surface area contributed by atoms with Crippen molar-refractivity contribution in [3.05, 3.63) is 28.2 Å². The van der Waals surface area contributed by atoms with Gasteiger partial charge in [-0.05, 0) is 24.7 Å². The van der Waals surface area contributed by atoms with Crippen LogP contribution in [0.25, 0.3) is 0 Å². The van der Waals surface area contributed by atoms with Crippen molar-refractivity contribution >= 4 is 33.0 Å². The summed E-state index contributed by atoms with van der Waals surface area (Å²) >= 11 is 11.7. The second kappa shape index (κ2) is 7.45. The summed E-state index contributed by atoms with van der Waals surface area (Å²) in [6, 6.07) is 4.39. The molecule has 0 bridgehead atoms. The van der Waals surface area contributed by atoms with Gasteiger partial charge in [0.05, 0.1) is 22.3 Å². The van der Waals surface area contributed by atoms with Crippen molar-refractivity contribution in [3.8, 4) is 0 Å². The van der Waals surface area contributed by atoms with E-state index in [-0.39, 0.29) is 22.3 Å². The predicted octanol–water partition coefficient (Wildman–Crippen LogP) is 2.08. The Morgan fingerprint density at radius 1 is 1.26 bits per heavy atom. The van der Waals surface area contributed by atoms with E-state index < -0.39 is 9.84 Å². The third kappa shape index (κ3) is 4.93. The standard InChI is InChI=1S/C12H17Cl2NO3S/c1-2-15(5-7-16)6-8-19(17,18)12-9-10(13)3-4-11(12)14/h3-4,9,16H,2,5-8H2,1H3. The van der Waals surface area contributed by atoms with E-state index in [1.165, 1.54) is 12.1 Å². The summed E-state index contributed by atoms with van der Waals surface area (Å²) in [6.07, 6.45) is 0. The van der Waals surface area contributed by atoms with Crippen molar-refractivity contribution in [1.29, 1.82) is 0 Å². The zero-order chi connectivity index (χ0) is 14.5. The van der Waals surface area contributed by atoms with Gasteiger partial charge in [-0.1, -0.05) is 30.1 Å². The number of nitrogens with zero attached hydrogens (tertiary/aromatic N) is 1. The van der Waals surface area contributed by atoms with E-state index in [1.54, 1.807) is 6.07 Å². The number of rotatable bonds is 7. The van der Waals surface area contributed by atoms with Crippen LogP contribution in [-0.4, -0.2) is 50.4 Å². The average molecular weight is 326 g/mol. The van der Waals surface area contributed by atoms with Gasteiger partial charge in [-0.25, -0.2) is 8.42 Å². The zero-order valence-electron chi connectivity index (χ0n) is 10.6. The van der Waals surface area contributed by atoms with Crippen LogP contribution in [0.15, 0.2) is 23.1 Å². The van der Waals surface area contributed by atoms with Crippen molar-refractivity contribution in [2.75, 3.05) is 32.0 Å². The molecule has 1 N–H and O–H groups in total. The van der Waals surface area contributed by atoms with Crippen LogP contribution in [0.1, 0.15) is 6.92 Å². The first-order valence-corrected chi connectivity index (χ1v) is 8.32. The molecule has 0 aromatic heterocycles. The number of benzene rings is 1. The third-order valence-corrected chi connectivity index (χ3v) is 5.17. The van der Waals surface area contributed by atoms with Gasteiger partial charge in [0.15, 0.2) is 9.84 Å². The largest absolute Gasteiger partial charge is 0.395 e. The highest BCUT2D eigenvalue weighted by Gasteiger charge is 2.19. The highest BCUT2D eigenvalue weighted by Crippen LogP contribution is 2.25. The number of aliphatic hydroxyl groups is 1. The molecule has 0 unspecified atom stereocenters. The fourth-order valence-corrected chi connectivity index (χ4v) is 3.74. The van der Waals surface area contributed by atoms with Crippen molar-refractivity contribution in [2.24, 2.45) is 0 Å². The van der Waals surface area contributed by atoms with Crippen LogP contribution in [-0.2, 0) is 9.84 Å². The molecule has 0 atom stereocenters. The Kier molecular flexibility index (Phi) is 6.56. The van der Waals surface area contributed by atoms with Crippen molar-refractivity contribution in [3.63, 3.8) is 0 Å². The molecule has 0 spiro atoms. The third-order valence-electron chi connectivity index (χ3n) is 2.77. The first-order valence-electron chi connectivity index (χ1n) is 5.91. The van der Waals surface area contributed by atoms with Gasteiger partial charge in [-0.15, -0.1) is 0 Å². The summed E-state index contributed by atoms with van der Waals surface area (Å²) in [5.74, 6) is -0.0547. The highest BCUT2D eigenvalue weighted by atomic mass is 35.5. The molecular formula is C12H17Cl2NO3S. The predicted molar refractivity (Wildman–Crippen MR) is 77.7 cm³/mol. The Morgan fingerprint density at radius 2 is 1.95 bits per heavy atom. The number of hydrogen-bond acceptors (Lipinski definition) is 4. The molecule has 0 aliphatic rings. The second-order valence-electron chi connectivity index (χ2n) is 4.05. The molecular weight excluding hydrogens is 309 g/mol. The van der Waals surface area contributed by atoms with Crippen LogP contribution in [0, 0.1) is 0 Å². The molecule has 1 aromatic carbocycles. The maximum absolute atomic E-state index is 12.2. The van der Waals surface area contributed by atoms with E-state index in [2.05, 4.69) is 0 Å². The highest BCUT2D eigenvalue weighted by molar-refractivity contribution is 7.91. The molecule has 0 radical (unpaired) electrons. The summed E-state index contributed by atoms with van der Waals surface area (Å²) in [5.41, 5.74) is 0. The first kappa shape index (κ1) is 16.7. The van der Waals surface area contributed by atoms with Gasteiger partial charge in [0.2, 0.25) is 0 Å². The molecule has 1 rings (SSSR count). The molecule has 0 saturated carbocycles. The number of sulfone groups is 1. The zero-order valence-corrected chi connectivity index (χ0v) is 13.0. The molecule has 0 heterocycles. The van der Waals surface area contributed by atoms with E-state index >= 15 is 0 Å². The van der Waals surface area contributed by atoms with Gasteiger partial charge in [0.1, 0.15) is 0 Å². The summed E-state index contributed by atoms with van der Waals surface area (Å²) in [6.45, 7) is 3.40. The first-order chi connectivity index (χ1) is 8.90. The summed E-state index contributed by atoms with van der Waals surface area (Å²) < 4.78 is 24.4. The maximum atomic E-state index is 12.2. The van der Waals surface area contributed by atoms with Crippen LogP contribution < -0.4 is 0 Å². The molecule has 0 aliphatic carbocycles. The van der Waals surface area contributed by atoms with Gasteiger partial charge < -0.3 is 10.0 Å². The lowest BCUT2D eigenvalue weighted by Crippen LogP contribution is -2.31. The van der Waals surface area contributed by atoms with Crippen LogP contribution in [0.5, 0.6) is 0 Å². The van der Waals surface area contributed by atoms with Crippen LogP contribution in [0.2, 0.25) is 10.0 Å². The van der Waals surface area contributed by atoms with Gasteiger partial charge >= 0.3 is 0 Å². The molecule has 0 saturated heterocycles. The Labute approximate surface area is 123 Å². The number of likely N-dealkylation sites (N-methyl/N-ethyl adjacent to an activating group) is 1. The van der Waals surface area contributed by atoms with Crippen LogP contribution in [0.4, 0.5) is 0 Å². The van der Waals surface area contributed by atoms with Gasteiger partial charge in [0.25, 0.3) is 0 Å². The summed E-state index contributed by atoms with van der Waals surface area (Å²) in [4.78, 5) is 1.91. The Hall–Kier alpha value is -0.330. The number of aliphatic hydroxyl groups excluding tert-OH is 1. The van der Waals surface area contributed by atoms with E-state index in [0.29, 0.717) is 24.7 Å². The number of halogens is 2. The minimum absolute atomic E-state index is 0.00576. The van der Waals surface area contributed by atoms with Crippen molar-refractivity contribution < 1.29 is 13.5 Å². The topological polar surface area (TPSA) is 57.6 Å². The molecule has 0 fully saturated rings. The molecule has 19 heavy (non-hydrogen) atoms. The minimum Gasteiger partial charge on any atom is -0.395 e. The SMILES string of the molecule is CCN(CCO)CCS(=O)(=O)c1cc(Cl)ccc1Cl. The monoisotopic (exact) mass is 325 g/mol. The van der Waals surface area contributed by atoms with E-state index in [4.69, 9.17) is 28.3 Å². The second-order valence-corrected chi connectivity index (χ2v) is 6.97. The Bertz CT molecular complexity index is 520. The molecule has 0 amide bonds. The molecule has 4 nitrogen and oxygen atoms in total. The average Bonchev–Trinajstić information content (AvgIpc) is 2.37.